The van der Waals surface area contributed by atoms with Crippen LogP contribution in [0.4, 0.5) is 0 Å². The van der Waals surface area contributed by atoms with Crippen molar-refractivity contribution in [1.29, 1.82) is 5.41 Å². The van der Waals surface area contributed by atoms with Crippen LogP contribution in [0.3, 0.4) is 0 Å². The molecule has 7 nitrogen and oxygen atoms in total. The quantitative estimate of drug-likeness (QED) is 0.378. The Kier molecular flexibility index (Phi) is 6.37. The minimum atomic E-state index is -0.413. The fourth-order valence-corrected chi connectivity index (χ4v) is 5.25. The predicted octanol–water partition coefficient (Wildman–Crippen LogP) is 6.07. The molecule has 2 aliphatic rings. The van der Waals surface area contributed by atoms with E-state index in [4.69, 9.17) is 10.1 Å². The Labute approximate surface area is 216 Å². The summed E-state index contributed by atoms with van der Waals surface area (Å²) in [5.74, 6) is 0.648. The number of ether oxygens (including phenoxy) is 1. The van der Waals surface area contributed by atoms with Crippen molar-refractivity contribution >= 4 is 66.6 Å². The molecule has 178 valence electrons. The fraction of sp³-hybridized carbons (Fsp3) is 0.231. The van der Waals surface area contributed by atoms with E-state index in [1.807, 2.05) is 63.2 Å². The van der Waals surface area contributed by atoms with Crippen molar-refractivity contribution in [3.8, 4) is 5.75 Å². The molecule has 9 heteroatoms. The zero-order chi connectivity index (χ0) is 24.7. The minimum Gasteiger partial charge on any atom is -0.492 e. The van der Waals surface area contributed by atoms with Crippen LogP contribution in [-0.2, 0) is 11.3 Å². The van der Waals surface area contributed by atoms with Gasteiger partial charge in [-0.05, 0) is 55.1 Å². The molecular formula is C26H24BrN5O2S. The number of carbonyl (C=O) groups excluding carboxylic acids is 1. The Morgan fingerprint density at radius 1 is 1.17 bits per heavy atom. The van der Waals surface area contributed by atoms with Crippen LogP contribution in [0.25, 0.3) is 17.0 Å². The van der Waals surface area contributed by atoms with Crippen LogP contribution in [0, 0.1) is 18.3 Å². The van der Waals surface area contributed by atoms with Crippen LogP contribution in [0.15, 0.2) is 68.7 Å². The van der Waals surface area contributed by atoms with Gasteiger partial charge in [0.15, 0.2) is 5.84 Å². The highest BCUT2D eigenvalue weighted by molar-refractivity contribution is 9.10. The summed E-state index contributed by atoms with van der Waals surface area (Å²) in [7, 11) is 0. The zero-order valence-electron chi connectivity index (χ0n) is 19.6. The van der Waals surface area contributed by atoms with E-state index in [9.17, 15) is 4.79 Å². The second kappa shape index (κ2) is 9.47. The summed E-state index contributed by atoms with van der Waals surface area (Å²) in [4.78, 5) is 17.1. The molecule has 0 spiro atoms. The number of aromatic nitrogens is 1. The van der Waals surface area contributed by atoms with Crippen LogP contribution in [0.2, 0.25) is 0 Å². The third-order valence-corrected chi connectivity index (χ3v) is 7.67. The Morgan fingerprint density at radius 2 is 1.91 bits per heavy atom. The van der Waals surface area contributed by atoms with E-state index < -0.39 is 5.91 Å². The van der Waals surface area contributed by atoms with Crippen molar-refractivity contribution in [1.82, 2.24) is 9.58 Å². The summed E-state index contributed by atoms with van der Waals surface area (Å²) in [6.07, 6.45) is 1.78. The van der Waals surface area contributed by atoms with Gasteiger partial charge in [0.05, 0.1) is 12.1 Å². The molecule has 1 amide bonds. The first-order chi connectivity index (χ1) is 16.8. The van der Waals surface area contributed by atoms with Crippen molar-refractivity contribution in [2.75, 3.05) is 6.61 Å². The molecule has 3 aromatic rings. The number of rotatable bonds is 6. The van der Waals surface area contributed by atoms with Gasteiger partial charge in [-0.25, -0.2) is 0 Å². The van der Waals surface area contributed by atoms with Gasteiger partial charge in [0, 0.05) is 32.6 Å². The number of thioether (sulfide) groups is 1. The average molecular weight is 550 g/mol. The van der Waals surface area contributed by atoms with E-state index >= 15 is 0 Å². The van der Waals surface area contributed by atoms with E-state index in [1.54, 1.807) is 6.08 Å². The van der Waals surface area contributed by atoms with E-state index in [0.717, 1.165) is 37.4 Å². The fourth-order valence-electron chi connectivity index (χ4n) is 4.10. The molecule has 3 heterocycles. The summed E-state index contributed by atoms with van der Waals surface area (Å²) in [6.45, 7) is 7.23. The highest BCUT2D eigenvalue weighted by Crippen LogP contribution is 2.33. The number of amidine groups is 2. The molecule has 2 aliphatic heterocycles. The Bertz CT molecular complexity index is 1440. The lowest BCUT2D eigenvalue weighted by Gasteiger charge is -2.20. The maximum atomic E-state index is 12.9. The molecule has 0 atom stereocenters. The number of halogens is 1. The topological polar surface area (TPSA) is 83.0 Å². The third kappa shape index (κ3) is 4.46. The Hall–Kier alpha value is -3.17. The summed E-state index contributed by atoms with van der Waals surface area (Å²) in [6, 6.07) is 15.8. The molecular weight excluding hydrogens is 526 g/mol. The standard InChI is InChI=1S/C26H24BrN5O2S/c1-15(2)25-30-32-23(28)21(24(33)29-26(32)35-25)14-20-16(3)31(22-7-5-4-6-19(20)22)12-13-34-18-10-8-17(27)9-11-18/h4-11,14-15,28H,12-13H2,1-3H3/b21-14-,28-23?. The molecule has 0 radical (unpaired) electrons. The van der Waals surface area contributed by atoms with E-state index in [0.29, 0.717) is 18.3 Å². The van der Waals surface area contributed by atoms with Crippen molar-refractivity contribution in [2.24, 2.45) is 16.0 Å². The highest BCUT2D eigenvalue weighted by atomic mass is 79.9. The van der Waals surface area contributed by atoms with Gasteiger partial charge in [-0.3, -0.25) is 10.2 Å². The molecule has 2 aromatic carbocycles. The molecule has 35 heavy (non-hydrogen) atoms. The highest BCUT2D eigenvalue weighted by Gasteiger charge is 2.36. The lowest BCUT2D eigenvalue weighted by atomic mass is 10.1. The number of aliphatic imine (C=N–C) groups is 1. The Morgan fingerprint density at radius 3 is 2.66 bits per heavy atom. The van der Waals surface area contributed by atoms with Gasteiger partial charge in [0.2, 0.25) is 5.17 Å². The second-order valence-corrected chi connectivity index (χ2v) is 10.5. The number of hydrogen-bond acceptors (Lipinski definition) is 5. The molecule has 1 aromatic heterocycles. The molecule has 0 saturated carbocycles. The minimum absolute atomic E-state index is 0.0537. The van der Waals surface area contributed by atoms with Gasteiger partial charge in [0.1, 0.15) is 17.4 Å². The smallest absolute Gasteiger partial charge is 0.283 e. The van der Waals surface area contributed by atoms with Gasteiger partial charge in [-0.2, -0.15) is 15.1 Å². The van der Waals surface area contributed by atoms with Gasteiger partial charge < -0.3 is 9.30 Å². The molecule has 0 bridgehead atoms. The normalized spacial score (nSPS) is 16.8. The summed E-state index contributed by atoms with van der Waals surface area (Å²) >= 11 is 4.79. The van der Waals surface area contributed by atoms with Gasteiger partial charge in [0.25, 0.3) is 5.91 Å². The van der Waals surface area contributed by atoms with E-state index in [2.05, 4.69) is 36.7 Å². The number of hydrogen-bond donors (Lipinski definition) is 1. The van der Waals surface area contributed by atoms with Crippen molar-refractivity contribution < 1.29 is 9.53 Å². The Balaban J connectivity index is 1.47. The van der Waals surface area contributed by atoms with Crippen molar-refractivity contribution in [3.63, 3.8) is 0 Å². The monoisotopic (exact) mass is 549 g/mol. The first-order valence-corrected chi connectivity index (χ1v) is 12.9. The zero-order valence-corrected chi connectivity index (χ0v) is 22.0. The first-order valence-electron chi connectivity index (χ1n) is 11.3. The lowest BCUT2D eigenvalue weighted by molar-refractivity contribution is -0.114. The van der Waals surface area contributed by atoms with Crippen molar-refractivity contribution in [2.45, 2.75) is 27.3 Å². The number of fused-ring (bicyclic) bond motifs is 2. The molecule has 0 aliphatic carbocycles. The number of para-hydroxylation sites is 1. The van der Waals surface area contributed by atoms with Crippen LogP contribution in [0.5, 0.6) is 5.75 Å². The van der Waals surface area contributed by atoms with Crippen LogP contribution >= 0.6 is 27.7 Å². The number of nitrogens with zero attached hydrogens (tertiary/aromatic N) is 4. The number of hydrazone groups is 1. The predicted molar refractivity (Wildman–Crippen MR) is 146 cm³/mol. The molecule has 0 saturated heterocycles. The largest absolute Gasteiger partial charge is 0.492 e. The molecule has 1 N–H and O–H groups in total. The van der Waals surface area contributed by atoms with Crippen LogP contribution in [-0.4, -0.2) is 38.1 Å². The summed E-state index contributed by atoms with van der Waals surface area (Å²) < 4.78 is 9.15. The summed E-state index contributed by atoms with van der Waals surface area (Å²) in [5, 5.41) is 17.0. The molecule has 5 rings (SSSR count). The van der Waals surface area contributed by atoms with Gasteiger partial charge >= 0.3 is 0 Å². The van der Waals surface area contributed by atoms with Gasteiger partial charge in [-0.1, -0.05) is 48.0 Å². The van der Waals surface area contributed by atoms with Crippen molar-refractivity contribution in [3.05, 3.63) is 69.8 Å². The number of nitrogens with one attached hydrogen (secondary N) is 1. The maximum absolute atomic E-state index is 12.9. The first kappa shape index (κ1) is 23.6. The summed E-state index contributed by atoms with van der Waals surface area (Å²) in [5.41, 5.74) is 3.18. The van der Waals surface area contributed by atoms with Gasteiger partial charge in [-0.15, -0.1) is 0 Å². The average Bonchev–Trinajstić information content (AvgIpc) is 3.38. The third-order valence-electron chi connectivity index (χ3n) is 5.93. The van der Waals surface area contributed by atoms with Crippen LogP contribution < -0.4 is 4.74 Å². The molecule has 0 unspecified atom stereocenters. The number of amides is 1. The SMILES string of the molecule is Cc1c(/C=C2/C(=N)N3N=C(C(C)C)SC3=NC2=O)c2ccccc2n1CCOc1ccc(Br)cc1. The number of carbonyl (C=O) groups is 1. The van der Waals surface area contributed by atoms with E-state index in [1.165, 1.54) is 16.8 Å². The second-order valence-electron chi connectivity index (χ2n) is 8.58. The number of benzene rings is 2. The molecule has 0 fully saturated rings. The maximum Gasteiger partial charge on any atom is 0.283 e. The lowest BCUT2D eigenvalue weighted by Crippen LogP contribution is -2.35. The van der Waals surface area contributed by atoms with E-state index in [-0.39, 0.29) is 17.3 Å². The van der Waals surface area contributed by atoms with Crippen LogP contribution in [0.1, 0.15) is 25.1 Å².